The molecule has 0 saturated carbocycles. The summed E-state index contributed by atoms with van der Waals surface area (Å²) in [7, 11) is -3.02. The molecule has 25 heavy (non-hydrogen) atoms. The first kappa shape index (κ1) is 20.2. The summed E-state index contributed by atoms with van der Waals surface area (Å²) in [6.45, 7) is 9.84. The number of hydrogen-bond donors (Lipinski definition) is 0. The number of carbonyl (C=O) groups excluding carboxylic acids is 1. The van der Waals surface area contributed by atoms with E-state index in [4.69, 9.17) is 0 Å². The van der Waals surface area contributed by atoms with Crippen LogP contribution in [-0.2, 0) is 14.6 Å². The minimum Gasteiger partial charge on any atom is -0.335 e. The molecule has 140 valence electrons. The van der Waals surface area contributed by atoms with E-state index in [0.29, 0.717) is 11.6 Å². The fourth-order valence-electron chi connectivity index (χ4n) is 3.01. The van der Waals surface area contributed by atoms with Crippen LogP contribution in [0.25, 0.3) is 0 Å². The van der Waals surface area contributed by atoms with Gasteiger partial charge in [0, 0.05) is 23.5 Å². The number of thioether (sulfide) groups is 1. The number of rotatable bonds is 6. The van der Waals surface area contributed by atoms with E-state index in [1.807, 2.05) is 34.6 Å². The highest BCUT2D eigenvalue weighted by Gasteiger charge is 2.36. The first-order valence-corrected chi connectivity index (χ1v) is 11.4. The topological polar surface area (TPSA) is 80.2 Å². The van der Waals surface area contributed by atoms with Crippen LogP contribution in [0, 0.1) is 20.8 Å². The predicted octanol–water partition coefficient (Wildman–Crippen LogP) is 2.31. The van der Waals surface area contributed by atoms with Crippen LogP contribution in [0.3, 0.4) is 0 Å². The lowest BCUT2D eigenvalue weighted by molar-refractivity contribution is -0.132. The van der Waals surface area contributed by atoms with Crippen LogP contribution in [0.1, 0.15) is 43.6 Å². The predicted molar refractivity (Wildman–Crippen MR) is 101 cm³/mol. The minimum absolute atomic E-state index is 0.0220. The molecular weight excluding hydrogens is 358 g/mol. The van der Waals surface area contributed by atoms with Gasteiger partial charge in [0.05, 0.1) is 17.3 Å². The van der Waals surface area contributed by atoms with Crippen molar-refractivity contribution in [3.63, 3.8) is 0 Å². The second kappa shape index (κ2) is 8.03. The summed E-state index contributed by atoms with van der Waals surface area (Å²) in [6.07, 6.45) is 1.33. The Morgan fingerprint density at radius 3 is 2.36 bits per heavy atom. The molecule has 2 heterocycles. The molecule has 1 saturated heterocycles. The standard InChI is InChI=1S/C17H27N3O3S2/c1-6-11(2)20(15-7-8-25(22,23)10-15)16(21)9-24-17-18-13(4)12(3)14(5)19-17/h11,15H,6-10H2,1-5H3/t11-,15+/m1/s1. The number of hydrogen-bond acceptors (Lipinski definition) is 6. The summed E-state index contributed by atoms with van der Waals surface area (Å²) in [5.41, 5.74) is 2.90. The van der Waals surface area contributed by atoms with E-state index in [1.165, 1.54) is 11.8 Å². The van der Waals surface area contributed by atoms with Crippen LogP contribution in [-0.4, -0.2) is 58.5 Å². The molecule has 2 rings (SSSR count). The molecule has 2 atom stereocenters. The van der Waals surface area contributed by atoms with Crippen LogP contribution in [0.2, 0.25) is 0 Å². The van der Waals surface area contributed by atoms with Gasteiger partial charge in [0.1, 0.15) is 0 Å². The number of aryl methyl sites for hydroxylation is 2. The molecule has 0 unspecified atom stereocenters. The van der Waals surface area contributed by atoms with E-state index in [9.17, 15) is 13.2 Å². The maximum Gasteiger partial charge on any atom is 0.233 e. The first-order chi connectivity index (χ1) is 11.6. The van der Waals surface area contributed by atoms with Crippen molar-refractivity contribution in [3.8, 4) is 0 Å². The van der Waals surface area contributed by atoms with Gasteiger partial charge in [-0.15, -0.1) is 0 Å². The summed E-state index contributed by atoms with van der Waals surface area (Å²) >= 11 is 1.32. The maximum absolute atomic E-state index is 12.8. The Labute approximate surface area is 154 Å². The molecular formula is C17H27N3O3S2. The smallest absolute Gasteiger partial charge is 0.233 e. The summed E-state index contributed by atoms with van der Waals surface area (Å²) in [5, 5.41) is 0.595. The first-order valence-electron chi connectivity index (χ1n) is 8.60. The molecule has 1 aromatic rings. The van der Waals surface area contributed by atoms with Gasteiger partial charge < -0.3 is 4.90 Å². The Balaban J connectivity index is 2.10. The number of nitrogens with zero attached hydrogens (tertiary/aromatic N) is 3. The highest BCUT2D eigenvalue weighted by Crippen LogP contribution is 2.24. The summed E-state index contributed by atoms with van der Waals surface area (Å²) in [5.74, 6) is 0.432. The number of aromatic nitrogens is 2. The van der Waals surface area contributed by atoms with Crippen LogP contribution in [0.5, 0.6) is 0 Å². The minimum atomic E-state index is -3.02. The van der Waals surface area contributed by atoms with Gasteiger partial charge in [0.25, 0.3) is 0 Å². The van der Waals surface area contributed by atoms with Gasteiger partial charge in [-0.2, -0.15) is 0 Å². The normalized spacial score (nSPS) is 20.4. The average Bonchev–Trinajstić information content (AvgIpc) is 2.90. The van der Waals surface area contributed by atoms with E-state index in [-0.39, 0.29) is 35.2 Å². The van der Waals surface area contributed by atoms with Crippen LogP contribution < -0.4 is 0 Å². The fraction of sp³-hybridized carbons (Fsp3) is 0.706. The molecule has 0 radical (unpaired) electrons. The summed E-state index contributed by atoms with van der Waals surface area (Å²) in [4.78, 5) is 23.4. The van der Waals surface area contributed by atoms with Crippen molar-refractivity contribution in [2.24, 2.45) is 0 Å². The van der Waals surface area contributed by atoms with Crippen molar-refractivity contribution in [2.45, 2.75) is 64.7 Å². The molecule has 6 nitrogen and oxygen atoms in total. The lowest BCUT2D eigenvalue weighted by Crippen LogP contribution is -2.47. The van der Waals surface area contributed by atoms with Crippen molar-refractivity contribution in [1.29, 1.82) is 0 Å². The van der Waals surface area contributed by atoms with E-state index in [1.54, 1.807) is 4.90 Å². The molecule has 1 fully saturated rings. The Morgan fingerprint density at radius 1 is 1.28 bits per heavy atom. The Bertz CT molecular complexity index is 727. The van der Waals surface area contributed by atoms with Crippen LogP contribution in [0.15, 0.2) is 5.16 Å². The zero-order valence-corrected chi connectivity index (χ0v) is 17.2. The number of carbonyl (C=O) groups is 1. The van der Waals surface area contributed by atoms with Crippen molar-refractivity contribution in [2.75, 3.05) is 17.3 Å². The molecule has 0 aromatic carbocycles. The Morgan fingerprint density at radius 2 is 1.88 bits per heavy atom. The van der Waals surface area contributed by atoms with Gasteiger partial charge in [0.15, 0.2) is 15.0 Å². The van der Waals surface area contributed by atoms with Gasteiger partial charge >= 0.3 is 0 Å². The molecule has 0 aliphatic carbocycles. The van der Waals surface area contributed by atoms with Gasteiger partial charge in [-0.1, -0.05) is 18.7 Å². The third-order valence-corrected chi connectivity index (χ3v) is 7.47. The van der Waals surface area contributed by atoms with E-state index in [0.717, 1.165) is 23.4 Å². The molecule has 0 bridgehead atoms. The highest BCUT2D eigenvalue weighted by molar-refractivity contribution is 7.99. The van der Waals surface area contributed by atoms with E-state index >= 15 is 0 Å². The second-order valence-electron chi connectivity index (χ2n) is 6.71. The zero-order valence-electron chi connectivity index (χ0n) is 15.6. The van der Waals surface area contributed by atoms with Gasteiger partial charge in [-0.3, -0.25) is 4.79 Å². The molecule has 1 aromatic heterocycles. The van der Waals surface area contributed by atoms with Crippen molar-refractivity contribution >= 4 is 27.5 Å². The van der Waals surface area contributed by atoms with Crippen LogP contribution >= 0.6 is 11.8 Å². The Hall–Kier alpha value is -1.15. The van der Waals surface area contributed by atoms with Crippen LogP contribution in [0.4, 0.5) is 0 Å². The average molecular weight is 386 g/mol. The highest BCUT2D eigenvalue weighted by atomic mass is 32.2. The molecule has 0 spiro atoms. The molecule has 1 aliphatic rings. The van der Waals surface area contributed by atoms with Gasteiger partial charge in [-0.25, -0.2) is 18.4 Å². The molecule has 1 aliphatic heterocycles. The maximum atomic E-state index is 12.8. The molecule has 1 amide bonds. The zero-order chi connectivity index (χ0) is 18.8. The largest absolute Gasteiger partial charge is 0.335 e. The lowest BCUT2D eigenvalue weighted by atomic mass is 10.1. The quantitative estimate of drug-likeness (QED) is 0.552. The summed E-state index contributed by atoms with van der Waals surface area (Å²) in [6, 6.07) is -0.190. The number of sulfone groups is 1. The lowest BCUT2D eigenvalue weighted by Gasteiger charge is -2.33. The fourth-order valence-corrected chi connectivity index (χ4v) is 5.52. The monoisotopic (exact) mass is 385 g/mol. The second-order valence-corrected chi connectivity index (χ2v) is 9.88. The van der Waals surface area contributed by atoms with E-state index < -0.39 is 9.84 Å². The SMILES string of the molecule is CC[C@@H](C)N(C(=O)CSc1nc(C)c(C)c(C)n1)[C@H]1CCS(=O)(=O)C1. The van der Waals surface area contributed by atoms with Crippen molar-refractivity contribution < 1.29 is 13.2 Å². The Kier molecular flexibility index (Phi) is 6.48. The van der Waals surface area contributed by atoms with Crippen molar-refractivity contribution in [1.82, 2.24) is 14.9 Å². The van der Waals surface area contributed by atoms with E-state index in [2.05, 4.69) is 9.97 Å². The van der Waals surface area contributed by atoms with Gasteiger partial charge in [0.2, 0.25) is 5.91 Å². The van der Waals surface area contributed by atoms with Gasteiger partial charge in [-0.05, 0) is 46.1 Å². The molecule has 0 N–H and O–H groups in total. The third-order valence-electron chi connectivity index (χ3n) is 4.89. The van der Waals surface area contributed by atoms with Crippen molar-refractivity contribution in [3.05, 3.63) is 17.0 Å². The third kappa shape index (κ3) is 4.94. The molecule has 8 heteroatoms. The number of amides is 1. The summed E-state index contributed by atoms with van der Waals surface area (Å²) < 4.78 is 23.6.